The Morgan fingerprint density at radius 1 is 0.476 bits per heavy atom. The normalized spacial score (nSPS) is 12.3. The highest BCUT2D eigenvalue weighted by Crippen LogP contribution is 2.46. The number of hydrogen-bond donors (Lipinski definition) is 0. The summed E-state index contributed by atoms with van der Waals surface area (Å²) in [5, 5.41) is 8.34. The van der Waals surface area contributed by atoms with Gasteiger partial charge in [-0.2, -0.15) is 4.98 Å². The van der Waals surface area contributed by atoms with Crippen molar-refractivity contribution in [3.05, 3.63) is 128 Å². The third kappa shape index (κ3) is 2.70. The Morgan fingerprint density at radius 3 is 1.93 bits per heavy atom. The first-order valence-corrected chi connectivity index (χ1v) is 14.1. The first kappa shape index (κ1) is 21.9. The first-order chi connectivity index (χ1) is 20.9. The Labute approximate surface area is 239 Å². The molecule has 0 spiro atoms. The third-order valence-electron chi connectivity index (χ3n) is 8.71. The molecule has 0 saturated heterocycles. The Balaban J connectivity index is 1.45. The van der Waals surface area contributed by atoms with Gasteiger partial charge in [0.25, 0.3) is 0 Å². The summed E-state index contributed by atoms with van der Waals surface area (Å²) in [5.41, 5.74) is 8.47. The molecule has 0 aliphatic carbocycles. The molecule has 0 saturated carbocycles. The molecule has 0 bridgehead atoms. The van der Waals surface area contributed by atoms with Gasteiger partial charge in [0.1, 0.15) is 0 Å². The molecule has 5 nitrogen and oxygen atoms in total. The Bertz CT molecular complexity index is 2680. The summed E-state index contributed by atoms with van der Waals surface area (Å²) in [4.78, 5) is 15.0. The van der Waals surface area contributed by atoms with E-state index in [0.717, 1.165) is 27.7 Å². The van der Waals surface area contributed by atoms with Crippen LogP contribution in [0, 0.1) is 0 Å². The molecule has 0 aliphatic heterocycles. The van der Waals surface area contributed by atoms with Crippen LogP contribution < -0.4 is 0 Å². The molecule has 0 aliphatic rings. The molecule has 0 amide bonds. The molecule has 0 radical (unpaired) electrons. The molecule has 42 heavy (non-hydrogen) atoms. The molecule has 5 aromatic heterocycles. The van der Waals surface area contributed by atoms with Crippen LogP contribution in [-0.2, 0) is 0 Å². The minimum atomic E-state index is 0.618. The molecular weight excluding hydrogens is 514 g/mol. The van der Waals surface area contributed by atoms with Gasteiger partial charge in [-0.05, 0) is 36.4 Å². The summed E-state index contributed by atoms with van der Waals surface area (Å²) < 4.78 is 4.67. The molecule has 0 fully saturated rings. The summed E-state index contributed by atoms with van der Waals surface area (Å²) >= 11 is 0. The van der Waals surface area contributed by atoms with E-state index >= 15 is 0 Å². The second-order valence-electron chi connectivity index (χ2n) is 10.9. The Morgan fingerprint density at radius 2 is 1.12 bits per heavy atom. The lowest BCUT2D eigenvalue weighted by atomic mass is 10.0. The average Bonchev–Trinajstić information content (AvgIpc) is 3.69. The molecule has 10 aromatic rings. The fraction of sp³-hybridized carbons (Fsp3) is 0. The van der Waals surface area contributed by atoms with Gasteiger partial charge in [0.15, 0.2) is 5.65 Å². The molecule has 0 atom stereocenters. The number of hydrogen-bond acceptors (Lipinski definition) is 3. The molecule has 194 valence electrons. The third-order valence-corrected chi connectivity index (χ3v) is 8.71. The Kier molecular flexibility index (Phi) is 4.12. The van der Waals surface area contributed by atoms with Gasteiger partial charge in [-0.1, -0.05) is 84.9 Å². The van der Waals surface area contributed by atoms with Gasteiger partial charge in [0.05, 0.1) is 33.3 Å². The van der Waals surface area contributed by atoms with E-state index in [-0.39, 0.29) is 0 Å². The van der Waals surface area contributed by atoms with Crippen LogP contribution in [0.25, 0.3) is 88.1 Å². The van der Waals surface area contributed by atoms with E-state index in [1.54, 1.807) is 6.20 Å². The summed E-state index contributed by atoms with van der Waals surface area (Å²) in [6, 6.07) is 42.7. The first-order valence-electron chi connectivity index (χ1n) is 14.1. The zero-order chi connectivity index (χ0) is 27.4. The van der Waals surface area contributed by atoms with E-state index < -0.39 is 0 Å². The molecule has 5 aromatic carbocycles. The highest BCUT2D eigenvalue weighted by molar-refractivity contribution is 6.35. The van der Waals surface area contributed by atoms with Crippen molar-refractivity contribution in [1.29, 1.82) is 0 Å². The van der Waals surface area contributed by atoms with Crippen LogP contribution in [-0.4, -0.2) is 23.9 Å². The van der Waals surface area contributed by atoms with Crippen LogP contribution in [0.4, 0.5) is 0 Å². The lowest BCUT2D eigenvalue weighted by Crippen LogP contribution is -2.04. The Hall–Kier alpha value is -5.81. The van der Waals surface area contributed by atoms with Crippen LogP contribution in [0.2, 0.25) is 0 Å². The quantitative estimate of drug-likeness (QED) is 0.222. The van der Waals surface area contributed by atoms with Crippen molar-refractivity contribution in [3.63, 3.8) is 0 Å². The maximum absolute atomic E-state index is 5.26. The number of pyridine rings is 1. The van der Waals surface area contributed by atoms with Gasteiger partial charge in [0.2, 0.25) is 5.95 Å². The van der Waals surface area contributed by atoms with E-state index in [0.29, 0.717) is 11.6 Å². The zero-order valence-electron chi connectivity index (χ0n) is 22.4. The lowest BCUT2D eigenvalue weighted by molar-refractivity contribution is 1.01. The van der Waals surface area contributed by atoms with Crippen LogP contribution in [0.15, 0.2) is 128 Å². The maximum Gasteiger partial charge on any atom is 0.237 e. The van der Waals surface area contributed by atoms with Crippen LogP contribution in [0.1, 0.15) is 0 Å². The van der Waals surface area contributed by atoms with Crippen molar-refractivity contribution in [1.82, 2.24) is 23.9 Å². The van der Waals surface area contributed by atoms with E-state index in [1.807, 2.05) is 24.3 Å². The highest BCUT2D eigenvalue weighted by atomic mass is 15.2. The predicted molar refractivity (Wildman–Crippen MR) is 172 cm³/mol. The van der Waals surface area contributed by atoms with Crippen LogP contribution >= 0.6 is 0 Å². The van der Waals surface area contributed by atoms with Crippen molar-refractivity contribution in [2.24, 2.45) is 0 Å². The topological polar surface area (TPSA) is 48.0 Å². The number of para-hydroxylation sites is 3. The summed E-state index contributed by atoms with van der Waals surface area (Å²) in [6.07, 6.45) is 1.80. The van der Waals surface area contributed by atoms with Crippen LogP contribution in [0.3, 0.4) is 0 Å². The molecule has 0 N–H and O–H groups in total. The van der Waals surface area contributed by atoms with Crippen molar-refractivity contribution < 1.29 is 0 Å². The van der Waals surface area contributed by atoms with Crippen molar-refractivity contribution in [2.75, 3.05) is 0 Å². The lowest BCUT2D eigenvalue weighted by Gasteiger charge is -2.11. The average molecular weight is 536 g/mol. The molecule has 5 heterocycles. The van der Waals surface area contributed by atoms with Crippen LogP contribution in [0.5, 0.6) is 0 Å². The van der Waals surface area contributed by atoms with Gasteiger partial charge >= 0.3 is 0 Å². The molecule has 10 rings (SSSR count). The van der Waals surface area contributed by atoms with Gasteiger partial charge in [-0.3, -0.25) is 4.57 Å². The van der Waals surface area contributed by atoms with E-state index in [9.17, 15) is 0 Å². The van der Waals surface area contributed by atoms with Gasteiger partial charge < -0.3 is 4.40 Å². The van der Waals surface area contributed by atoms with Crippen molar-refractivity contribution in [2.45, 2.75) is 0 Å². The van der Waals surface area contributed by atoms with Crippen molar-refractivity contribution >= 4 is 70.9 Å². The van der Waals surface area contributed by atoms with Crippen molar-refractivity contribution in [3.8, 4) is 17.2 Å². The molecular formula is C37H21N5. The highest BCUT2D eigenvalue weighted by Gasteiger charge is 2.25. The summed E-state index contributed by atoms with van der Waals surface area (Å²) in [5.74, 6) is 0.618. The van der Waals surface area contributed by atoms with Gasteiger partial charge in [-0.25, -0.2) is 9.97 Å². The SMILES string of the molecule is c1ccc(-c2nc(-n3c4ccccc4c4c5c6ccccc6n6c7ccccc7c(cc43)c56)nc3ncccc23)cc1. The number of benzene rings is 5. The van der Waals surface area contributed by atoms with E-state index in [2.05, 4.69) is 111 Å². The largest absolute Gasteiger partial charge is 0.308 e. The molecule has 5 heteroatoms. The maximum atomic E-state index is 5.26. The fourth-order valence-corrected chi connectivity index (χ4v) is 7.05. The zero-order valence-corrected chi connectivity index (χ0v) is 22.4. The summed E-state index contributed by atoms with van der Waals surface area (Å²) in [6.45, 7) is 0. The predicted octanol–water partition coefficient (Wildman–Crippen LogP) is 8.94. The van der Waals surface area contributed by atoms with E-state index in [4.69, 9.17) is 9.97 Å². The minimum Gasteiger partial charge on any atom is -0.308 e. The monoisotopic (exact) mass is 535 g/mol. The van der Waals surface area contributed by atoms with E-state index in [1.165, 1.54) is 48.9 Å². The second-order valence-corrected chi connectivity index (χ2v) is 10.9. The van der Waals surface area contributed by atoms with Gasteiger partial charge in [-0.15, -0.1) is 0 Å². The molecule has 0 unspecified atom stereocenters. The standard InChI is InChI=1S/C37H21N5/c1-2-11-22(12-3-1)34-26-16-10-20-38-36(26)40-37(39-34)42-30-19-9-5-14-24(30)32-31(42)21-27-23-13-4-7-17-28(23)41-29-18-8-6-15-25(29)33(32)35(27)41/h1-21H. The number of aromatic nitrogens is 5. The summed E-state index contributed by atoms with van der Waals surface area (Å²) in [7, 11) is 0. The minimum absolute atomic E-state index is 0.618. The number of nitrogens with zero attached hydrogens (tertiary/aromatic N) is 5. The number of rotatable bonds is 2. The fourth-order valence-electron chi connectivity index (χ4n) is 7.05. The second kappa shape index (κ2) is 7.89. The van der Waals surface area contributed by atoms with Gasteiger partial charge in [0, 0.05) is 49.5 Å². The smallest absolute Gasteiger partial charge is 0.237 e. The number of fused-ring (bicyclic) bond motifs is 11.